The van der Waals surface area contributed by atoms with E-state index in [1.807, 2.05) is 0 Å². The SMILES string of the molecule is Cc1ncc(S(=O)(=O)NCC2CCCCC2O)[nH]1. The minimum absolute atomic E-state index is 0.0116. The van der Waals surface area contributed by atoms with Crippen LogP contribution in [0.4, 0.5) is 0 Å². The van der Waals surface area contributed by atoms with Crippen molar-refractivity contribution in [3.8, 4) is 0 Å². The lowest BCUT2D eigenvalue weighted by Gasteiger charge is -2.27. The van der Waals surface area contributed by atoms with Crippen molar-refractivity contribution in [2.24, 2.45) is 5.92 Å². The van der Waals surface area contributed by atoms with Crippen LogP contribution in [0, 0.1) is 12.8 Å². The second-order valence-corrected chi connectivity index (χ2v) is 6.53. The van der Waals surface area contributed by atoms with Gasteiger partial charge in [-0.1, -0.05) is 12.8 Å². The molecule has 1 aliphatic rings. The number of aryl methyl sites for hydroxylation is 1. The number of aromatic nitrogens is 2. The summed E-state index contributed by atoms with van der Waals surface area (Å²) >= 11 is 0. The summed E-state index contributed by atoms with van der Waals surface area (Å²) in [6.45, 7) is 1.98. The van der Waals surface area contributed by atoms with Gasteiger partial charge in [0.25, 0.3) is 10.0 Å². The smallest absolute Gasteiger partial charge is 0.257 e. The van der Waals surface area contributed by atoms with Crippen LogP contribution in [0.2, 0.25) is 0 Å². The first-order valence-electron chi connectivity index (χ1n) is 6.18. The molecule has 2 rings (SSSR count). The van der Waals surface area contributed by atoms with Gasteiger partial charge in [-0.3, -0.25) is 0 Å². The van der Waals surface area contributed by atoms with Crippen molar-refractivity contribution in [1.29, 1.82) is 0 Å². The summed E-state index contributed by atoms with van der Waals surface area (Å²) < 4.78 is 26.4. The Labute approximate surface area is 107 Å². The molecule has 1 saturated carbocycles. The van der Waals surface area contributed by atoms with E-state index in [-0.39, 0.29) is 17.5 Å². The molecule has 0 amide bonds. The number of hydrogen-bond acceptors (Lipinski definition) is 4. The topological polar surface area (TPSA) is 95.1 Å². The Balaban J connectivity index is 1.96. The number of rotatable bonds is 4. The molecular weight excluding hydrogens is 254 g/mol. The molecule has 1 heterocycles. The van der Waals surface area contributed by atoms with E-state index < -0.39 is 16.1 Å². The molecule has 18 heavy (non-hydrogen) atoms. The van der Waals surface area contributed by atoms with Crippen LogP contribution in [-0.2, 0) is 10.0 Å². The first-order chi connectivity index (χ1) is 8.49. The number of aromatic amines is 1. The van der Waals surface area contributed by atoms with Crippen LogP contribution in [0.25, 0.3) is 0 Å². The molecule has 2 unspecified atom stereocenters. The fourth-order valence-electron chi connectivity index (χ4n) is 2.26. The average molecular weight is 273 g/mol. The van der Waals surface area contributed by atoms with E-state index in [0.717, 1.165) is 25.7 Å². The third-order valence-electron chi connectivity index (χ3n) is 3.37. The van der Waals surface area contributed by atoms with Crippen LogP contribution in [-0.4, -0.2) is 36.1 Å². The zero-order valence-electron chi connectivity index (χ0n) is 10.4. The molecule has 6 nitrogen and oxygen atoms in total. The van der Waals surface area contributed by atoms with Gasteiger partial charge in [-0.25, -0.2) is 18.1 Å². The zero-order chi connectivity index (χ0) is 13.2. The molecule has 0 aromatic carbocycles. The summed E-state index contributed by atoms with van der Waals surface area (Å²) in [6.07, 6.45) is 4.59. The Morgan fingerprint density at radius 2 is 2.22 bits per heavy atom. The highest BCUT2D eigenvalue weighted by Crippen LogP contribution is 2.24. The van der Waals surface area contributed by atoms with Crippen molar-refractivity contribution < 1.29 is 13.5 Å². The van der Waals surface area contributed by atoms with E-state index in [9.17, 15) is 13.5 Å². The summed E-state index contributed by atoms with van der Waals surface area (Å²) in [5.41, 5.74) is 0. The third-order valence-corrected chi connectivity index (χ3v) is 4.71. The fourth-order valence-corrected chi connectivity index (χ4v) is 3.32. The van der Waals surface area contributed by atoms with Gasteiger partial charge < -0.3 is 10.1 Å². The summed E-state index contributed by atoms with van der Waals surface area (Å²) in [6, 6.07) is 0. The second-order valence-electron chi connectivity index (χ2n) is 4.80. The normalized spacial score (nSPS) is 25.2. The average Bonchev–Trinajstić information content (AvgIpc) is 2.76. The van der Waals surface area contributed by atoms with E-state index in [0.29, 0.717) is 5.82 Å². The van der Waals surface area contributed by atoms with Crippen LogP contribution in [0.3, 0.4) is 0 Å². The van der Waals surface area contributed by atoms with Gasteiger partial charge in [0.2, 0.25) is 0 Å². The largest absolute Gasteiger partial charge is 0.393 e. The molecule has 0 bridgehead atoms. The Bertz CT molecular complexity index is 497. The van der Waals surface area contributed by atoms with Gasteiger partial charge in [0.05, 0.1) is 12.3 Å². The molecular formula is C11H19N3O3S. The van der Waals surface area contributed by atoms with E-state index in [2.05, 4.69) is 14.7 Å². The molecule has 1 aromatic heterocycles. The fraction of sp³-hybridized carbons (Fsp3) is 0.727. The molecule has 1 aromatic rings. The molecule has 0 spiro atoms. The number of nitrogens with one attached hydrogen (secondary N) is 2. The predicted molar refractivity (Wildman–Crippen MR) is 66.5 cm³/mol. The number of imidazole rings is 1. The first-order valence-corrected chi connectivity index (χ1v) is 7.67. The Kier molecular flexibility index (Phi) is 4.04. The van der Waals surface area contributed by atoms with Crippen molar-refractivity contribution in [1.82, 2.24) is 14.7 Å². The Hall–Kier alpha value is -0.920. The lowest BCUT2D eigenvalue weighted by atomic mass is 9.87. The minimum atomic E-state index is -3.54. The summed E-state index contributed by atoms with van der Waals surface area (Å²) in [7, 11) is -3.54. The second kappa shape index (κ2) is 5.38. The van der Waals surface area contributed by atoms with Gasteiger partial charge >= 0.3 is 0 Å². The van der Waals surface area contributed by atoms with Crippen molar-refractivity contribution in [2.45, 2.75) is 43.7 Å². The summed E-state index contributed by atoms with van der Waals surface area (Å²) in [5, 5.41) is 9.86. The van der Waals surface area contributed by atoms with Gasteiger partial charge in [-0.05, 0) is 25.7 Å². The molecule has 3 N–H and O–H groups in total. The van der Waals surface area contributed by atoms with Crippen molar-refractivity contribution in [3.63, 3.8) is 0 Å². The van der Waals surface area contributed by atoms with Crippen LogP contribution in [0.1, 0.15) is 31.5 Å². The summed E-state index contributed by atoms with van der Waals surface area (Å²) in [4.78, 5) is 6.56. The standard InChI is InChI=1S/C11H19N3O3S/c1-8-12-7-11(14-8)18(16,17)13-6-9-4-2-3-5-10(9)15/h7,9-10,13,15H,2-6H2,1H3,(H,12,14). The molecule has 102 valence electrons. The minimum Gasteiger partial charge on any atom is -0.393 e. The Morgan fingerprint density at radius 3 is 2.83 bits per heavy atom. The van der Waals surface area contributed by atoms with Crippen LogP contribution < -0.4 is 4.72 Å². The summed E-state index contributed by atoms with van der Waals surface area (Å²) in [5.74, 6) is 0.575. The highest BCUT2D eigenvalue weighted by molar-refractivity contribution is 7.89. The van der Waals surface area contributed by atoms with Crippen LogP contribution in [0.15, 0.2) is 11.2 Å². The molecule has 7 heteroatoms. The van der Waals surface area contributed by atoms with Gasteiger partial charge in [0, 0.05) is 6.54 Å². The number of nitrogens with zero attached hydrogens (tertiary/aromatic N) is 1. The first kappa shape index (κ1) is 13.5. The molecule has 0 saturated heterocycles. The number of aliphatic hydroxyl groups is 1. The van der Waals surface area contributed by atoms with Crippen LogP contribution in [0.5, 0.6) is 0 Å². The number of hydrogen-bond donors (Lipinski definition) is 3. The number of H-pyrrole nitrogens is 1. The Morgan fingerprint density at radius 1 is 1.50 bits per heavy atom. The molecule has 1 aliphatic carbocycles. The van der Waals surface area contributed by atoms with E-state index >= 15 is 0 Å². The molecule has 2 atom stereocenters. The lowest BCUT2D eigenvalue weighted by molar-refractivity contribution is 0.0724. The van der Waals surface area contributed by atoms with Crippen molar-refractivity contribution >= 4 is 10.0 Å². The van der Waals surface area contributed by atoms with Crippen LogP contribution >= 0.6 is 0 Å². The molecule has 0 radical (unpaired) electrons. The van der Waals surface area contributed by atoms with Gasteiger partial charge in [-0.15, -0.1) is 0 Å². The molecule has 1 fully saturated rings. The molecule has 0 aliphatic heterocycles. The van der Waals surface area contributed by atoms with E-state index in [1.165, 1.54) is 6.20 Å². The predicted octanol–water partition coefficient (Wildman–Crippen LogP) is 0.548. The maximum absolute atomic E-state index is 11.9. The maximum Gasteiger partial charge on any atom is 0.257 e. The van der Waals surface area contributed by atoms with Crippen molar-refractivity contribution in [3.05, 3.63) is 12.0 Å². The van der Waals surface area contributed by atoms with Gasteiger partial charge in [-0.2, -0.15) is 0 Å². The highest BCUT2D eigenvalue weighted by atomic mass is 32.2. The van der Waals surface area contributed by atoms with E-state index in [1.54, 1.807) is 6.92 Å². The number of sulfonamides is 1. The number of aliphatic hydroxyl groups excluding tert-OH is 1. The zero-order valence-corrected chi connectivity index (χ0v) is 11.2. The van der Waals surface area contributed by atoms with Crippen molar-refractivity contribution in [2.75, 3.05) is 6.54 Å². The monoisotopic (exact) mass is 273 g/mol. The lowest BCUT2D eigenvalue weighted by Crippen LogP contribution is -2.36. The quantitative estimate of drug-likeness (QED) is 0.746. The van der Waals surface area contributed by atoms with Gasteiger partial charge in [0.15, 0.2) is 5.03 Å². The van der Waals surface area contributed by atoms with Gasteiger partial charge in [0.1, 0.15) is 5.82 Å². The maximum atomic E-state index is 11.9. The highest BCUT2D eigenvalue weighted by Gasteiger charge is 2.25. The van der Waals surface area contributed by atoms with E-state index in [4.69, 9.17) is 0 Å². The third kappa shape index (κ3) is 3.09.